The van der Waals surface area contributed by atoms with Gasteiger partial charge in [-0.3, -0.25) is 9.67 Å². The molecule has 5 heteroatoms. The average Bonchev–Trinajstić information content (AvgIpc) is 2.84. The van der Waals surface area contributed by atoms with Gasteiger partial charge in [0.25, 0.3) is 0 Å². The van der Waals surface area contributed by atoms with Crippen molar-refractivity contribution >= 4 is 28.2 Å². The average molecular weight is 273 g/mol. The molecule has 0 amide bonds. The number of hydrogen-bond acceptors (Lipinski definition) is 3. The summed E-state index contributed by atoms with van der Waals surface area (Å²) in [5.74, 6) is 0. The van der Waals surface area contributed by atoms with Crippen LogP contribution in [0.15, 0.2) is 42.7 Å². The number of halogens is 1. The third-order valence-corrected chi connectivity index (χ3v) is 3.43. The second kappa shape index (κ2) is 4.90. The second-order valence-corrected chi connectivity index (χ2v) is 4.70. The highest BCUT2D eigenvalue weighted by molar-refractivity contribution is 6.35. The van der Waals surface area contributed by atoms with Crippen LogP contribution >= 0.6 is 11.6 Å². The van der Waals surface area contributed by atoms with Gasteiger partial charge in [-0.2, -0.15) is 5.10 Å². The van der Waals surface area contributed by atoms with E-state index in [9.17, 15) is 0 Å². The minimum Gasteiger partial charge on any atom is -0.378 e. The summed E-state index contributed by atoms with van der Waals surface area (Å²) in [5.41, 5.74) is 2.97. The molecule has 0 fully saturated rings. The Morgan fingerprint density at radius 3 is 2.89 bits per heavy atom. The van der Waals surface area contributed by atoms with Gasteiger partial charge < -0.3 is 5.32 Å². The zero-order chi connectivity index (χ0) is 13.2. The van der Waals surface area contributed by atoms with E-state index in [4.69, 9.17) is 11.6 Å². The van der Waals surface area contributed by atoms with Gasteiger partial charge in [0.05, 0.1) is 28.5 Å². The minimum absolute atomic E-state index is 0.698. The highest BCUT2D eigenvalue weighted by Crippen LogP contribution is 2.28. The predicted octanol–water partition coefficient (Wildman–Crippen LogP) is 3.23. The largest absolute Gasteiger partial charge is 0.378 e. The van der Waals surface area contributed by atoms with Crippen LogP contribution in [-0.4, -0.2) is 14.8 Å². The maximum atomic E-state index is 6.17. The van der Waals surface area contributed by atoms with Gasteiger partial charge in [-0.1, -0.05) is 11.6 Å². The summed E-state index contributed by atoms with van der Waals surface area (Å²) in [5, 5.41) is 9.20. The van der Waals surface area contributed by atoms with Gasteiger partial charge in [0.1, 0.15) is 0 Å². The fraction of sp³-hybridized carbons (Fsp3) is 0.143. The first-order chi connectivity index (χ1) is 9.25. The van der Waals surface area contributed by atoms with E-state index >= 15 is 0 Å². The molecule has 19 heavy (non-hydrogen) atoms. The van der Waals surface area contributed by atoms with E-state index in [1.54, 1.807) is 12.4 Å². The van der Waals surface area contributed by atoms with Crippen LogP contribution in [0.2, 0.25) is 5.02 Å². The first-order valence-electron chi connectivity index (χ1n) is 5.99. The van der Waals surface area contributed by atoms with Crippen LogP contribution in [0, 0.1) is 0 Å². The molecule has 0 saturated carbocycles. The van der Waals surface area contributed by atoms with Crippen molar-refractivity contribution in [3.63, 3.8) is 0 Å². The van der Waals surface area contributed by atoms with E-state index in [0.717, 1.165) is 22.3 Å². The van der Waals surface area contributed by atoms with Gasteiger partial charge in [0.2, 0.25) is 0 Å². The van der Waals surface area contributed by atoms with Gasteiger partial charge in [0.15, 0.2) is 0 Å². The maximum Gasteiger partial charge on any atom is 0.0948 e. The minimum atomic E-state index is 0.698. The zero-order valence-electron chi connectivity index (χ0n) is 10.5. The summed E-state index contributed by atoms with van der Waals surface area (Å²) in [6.07, 6.45) is 3.56. The molecular formula is C14H13ClN4. The number of hydrogen-bond donors (Lipinski definition) is 1. The summed E-state index contributed by atoms with van der Waals surface area (Å²) < 4.78 is 1.85. The highest BCUT2D eigenvalue weighted by atomic mass is 35.5. The molecular weight excluding hydrogens is 260 g/mol. The molecule has 0 aliphatic heterocycles. The van der Waals surface area contributed by atoms with Gasteiger partial charge in [0, 0.05) is 24.8 Å². The topological polar surface area (TPSA) is 42.7 Å². The number of anilines is 1. The Morgan fingerprint density at radius 2 is 2.11 bits per heavy atom. The van der Waals surface area contributed by atoms with Crippen LogP contribution < -0.4 is 5.32 Å². The molecule has 0 bridgehead atoms. The van der Waals surface area contributed by atoms with E-state index in [0.29, 0.717) is 11.6 Å². The Kier molecular flexibility index (Phi) is 3.09. The summed E-state index contributed by atoms with van der Waals surface area (Å²) in [4.78, 5) is 4.39. The Balaban J connectivity index is 1.93. The molecule has 0 atom stereocenters. The second-order valence-electron chi connectivity index (χ2n) is 4.29. The van der Waals surface area contributed by atoms with Crippen LogP contribution in [0.3, 0.4) is 0 Å². The third-order valence-electron chi connectivity index (χ3n) is 3.10. The maximum absolute atomic E-state index is 6.17. The fourth-order valence-corrected chi connectivity index (χ4v) is 2.26. The lowest BCUT2D eigenvalue weighted by molar-refractivity contribution is 0.720. The molecule has 0 spiro atoms. The summed E-state index contributed by atoms with van der Waals surface area (Å²) >= 11 is 6.17. The molecule has 96 valence electrons. The van der Waals surface area contributed by atoms with Crippen molar-refractivity contribution in [3.05, 3.63) is 53.4 Å². The zero-order valence-corrected chi connectivity index (χ0v) is 11.2. The molecule has 4 nitrogen and oxygen atoms in total. The monoisotopic (exact) mass is 272 g/mol. The smallest absolute Gasteiger partial charge is 0.0948 e. The van der Waals surface area contributed by atoms with E-state index in [2.05, 4.69) is 15.4 Å². The lowest BCUT2D eigenvalue weighted by atomic mass is 10.2. The number of nitrogens with one attached hydrogen (secondary N) is 1. The number of benzene rings is 1. The van der Waals surface area contributed by atoms with Crippen molar-refractivity contribution in [1.29, 1.82) is 0 Å². The van der Waals surface area contributed by atoms with Gasteiger partial charge in [-0.25, -0.2) is 0 Å². The molecule has 0 radical (unpaired) electrons. The van der Waals surface area contributed by atoms with Crippen molar-refractivity contribution in [1.82, 2.24) is 14.8 Å². The van der Waals surface area contributed by atoms with Crippen molar-refractivity contribution in [2.24, 2.45) is 7.05 Å². The normalized spacial score (nSPS) is 10.8. The standard InChI is InChI=1S/C14H13ClN4/c1-19-10(6-8-18-19)9-17-13-5-4-12(15)11-3-2-7-16-14(11)13/h2-8,17H,9H2,1H3. The molecule has 0 aliphatic rings. The molecule has 0 unspecified atom stereocenters. The summed E-state index contributed by atoms with van der Waals surface area (Å²) in [7, 11) is 1.93. The first-order valence-corrected chi connectivity index (χ1v) is 6.37. The number of aromatic nitrogens is 3. The van der Waals surface area contributed by atoms with Crippen molar-refractivity contribution in [3.8, 4) is 0 Å². The molecule has 2 heterocycles. The Labute approximate surface area is 116 Å². The van der Waals surface area contributed by atoms with Gasteiger partial charge in [-0.15, -0.1) is 0 Å². The van der Waals surface area contributed by atoms with Crippen molar-refractivity contribution in [2.75, 3.05) is 5.32 Å². The van der Waals surface area contributed by atoms with Gasteiger partial charge >= 0.3 is 0 Å². The quantitative estimate of drug-likeness (QED) is 0.796. The third kappa shape index (κ3) is 2.27. The van der Waals surface area contributed by atoms with E-state index in [-0.39, 0.29) is 0 Å². The first kappa shape index (κ1) is 12.0. The lowest BCUT2D eigenvalue weighted by Crippen LogP contribution is -2.06. The van der Waals surface area contributed by atoms with E-state index in [1.165, 1.54) is 0 Å². The molecule has 2 aromatic heterocycles. The lowest BCUT2D eigenvalue weighted by Gasteiger charge is -2.10. The number of rotatable bonds is 3. The highest BCUT2D eigenvalue weighted by Gasteiger charge is 2.06. The molecule has 1 aromatic carbocycles. The van der Waals surface area contributed by atoms with Gasteiger partial charge in [-0.05, 0) is 30.3 Å². The summed E-state index contributed by atoms with van der Waals surface area (Å²) in [6.45, 7) is 0.698. The molecule has 3 aromatic rings. The van der Waals surface area contributed by atoms with Crippen molar-refractivity contribution in [2.45, 2.75) is 6.54 Å². The Morgan fingerprint density at radius 1 is 1.21 bits per heavy atom. The fourth-order valence-electron chi connectivity index (χ4n) is 2.04. The van der Waals surface area contributed by atoms with Crippen LogP contribution in [0.25, 0.3) is 10.9 Å². The number of pyridine rings is 1. The van der Waals surface area contributed by atoms with E-state index < -0.39 is 0 Å². The van der Waals surface area contributed by atoms with Crippen LogP contribution in [-0.2, 0) is 13.6 Å². The Hall–Kier alpha value is -2.07. The Bertz CT molecular complexity index is 720. The van der Waals surface area contributed by atoms with Crippen LogP contribution in [0.5, 0.6) is 0 Å². The van der Waals surface area contributed by atoms with E-state index in [1.807, 2.05) is 42.1 Å². The molecule has 0 saturated heterocycles. The number of aryl methyl sites for hydroxylation is 1. The molecule has 3 rings (SSSR count). The van der Waals surface area contributed by atoms with Crippen molar-refractivity contribution < 1.29 is 0 Å². The SMILES string of the molecule is Cn1nccc1CNc1ccc(Cl)c2cccnc12. The molecule has 0 aliphatic carbocycles. The number of fused-ring (bicyclic) bond motifs is 1. The predicted molar refractivity (Wildman–Crippen MR) is 77.3 cm³/mol. The number of nitrogens with zero attached hydrogens (tertiary/aromatic N) is 3. The summed E-state index contributed by atoms with van der Waals surface area (Å²) in [6, 6.07) is 9.68. The van der Waals surface area contributed by atoms with Crippen LogP contribution in [0.1, 0.15) is 5.69 Å². The molecule has 1 N–H and O–H groups in total. The van der Waals surface area contributed by atoms with Crippen LogP contribution in [0.4, 0.5) is 5.69 Å².